The Bertz CT molecular complexity index is 602. The van der Waals surface area contributed by atoms with Crippen molar-refractivity contribution in [2.75, 3.05) is 20.1 Å². The standard InChI is InChI=1S/C17H26Cl2N4O/c1-6-21-16(22-10-17(3,4)15(24)20-5)23-11(2)13-8-7-12(18)9-14(13)19/h7-9,11H,6,10H2,1-5H3,(H,20,24)(H2,21,22,23). The van der Waals surface area contributed by atoms with Crippen LogP contribution in [0.2, 0.25) is 10.0 Å². The van der Waals surface area contributed by atoms with Gasteiger partial charge in [0.2, 0.25) is 5.91 Å². The molecule has 0 fully saturated rings. The fourth-order valence-electron chi connectivity index (χ4n) is 2.14. The van der Waals surface area contributed by atoms with Crippen LogP contribution in [0.5, 0.6) is 0 Å². The van der Waals surface area contributed by atoms with Crippen molar-refractivity contribution in [3.63, 3.8) is 0 Å². The quantitative estimate of drug-likeness (QED) is 0.529. The summed E-state index contributed by atoms with van der Waals surface area (Å²) in [7, 11) is 1.63. The monoisotopic (exact) mass is 372 g/mol. The fourth-order valence-corrected chi connectivity index (χ4v) is 2.71. The zero-order valence-corrected chi connectivity index (χ0v) is 16.3. The van der Waals surface area contributed by atoms with Crippen molar-refractivity contribution >= 4 is 35.1 Å². The minimum Gasteiger partial charge on any atom is -0.359 e. The Hall–Kier alpha value is -1.46. The second-order valence-electron chi connectivity index (χ2n) is 6.19. The zero-order valence-electron chi connectivity index (χ0n) is 14.8. The molecular weight excluding hydrogens is 347 g/mol. The summed E-state index contributed by atoms with van der Waals surface area (Å²) in [4.78, 5) is 16.4. The van der Waals surface area contributed by atoms with Gasteiger partial charge in [-0.25, -0.2) is 0 Å². The number of hydrogen-bond acceptors (Lipinski definition) is 2. The van der Waals surface area contributed by atoms with Crippen LogP contribution in [-0.2, 0) is 4.79 Å². The molecule has 7 heteroatoms. The first kappa shape index (κ1) is 20.6. The van der Waals surface area contributed by atoms with Crippen molar-refractivity contribution in [3.05, 3.63) is 33.8 Å². The SMILES string of the molecule is CCNC(=NCC(C)(C)C(=O)NC)NC(C)c1ccc(Cl)cc1Cl. The summed E-state index contributed by atoms with van der Waals surface area (Å²) in [6.07, 6.45) is 0. The number of nitrogens with one attached hydrogen (secondary N) is 3. The molecule has 1 unspecified atom stereocenters. The van der Waals surface area contributed by atoms with Crippen molar-refractivity contribution in [1.29, 1.82) is 0 Å². The number of rotatable bonds is 6. The molecular formula is C17H26Cl2N4O. The fraction of sp³-hybridized carbons (Fsp3) is 0.529. The van der Waals surface area contributed by atoms with E-state index < -0.39 is 5.41 Å². The van der Waals surface area contributed by atoms with E-state index in [0.29, 0.717) is 29.1 Å². The molecule has 134 valence electrons. The Labute approximate surface area is 154 Å². The van der Waals surface area contributed by atoms with Crippen molar-refractivity contribution < 1.29 is 4.79 Å². The third kappa shape index (κ3) is 5.87. The van der Waals surface area contributed by atoms with Crippen LogP contribution in [0, 0.1) is 5.41 Å². The highest BCUT2D eigenvalue weighted by Gasteiger charge is 2.26. The lowest BCUT2D eigenvalue weighted by atomic mass is 9.93. The van der Waals surface area contributed by atoms with Gasteiger partial charge in [0.05, 0.1) is 18.0 Å². The van der Waals surface area contributed by atoms with Gasteiger partial charge >= 0.3 is 0 Å². The molecule has 3 N–H and O–H groups in total. The van der Waals surface area contributed by atoms with Crippen molar-refractivity contribution in [2.24, 2.45) is 10.4 Å². The van der Waals surface area contributed by atoms with Crippen LogP contribution in [0.1, 0.15) is 39.3 Å². The molecule has 0 aromatic heterocycles. The van der Waals surface area contributed by atoms with Crippen molar-refractivity contribution in [2.45, 2.75) is 33.7 Å². The van der Waals surface area contributed by atoms with E-state index in [4.69, 9.17) is 23.2 Å². The number of hydrogen-bond donors (Lipinski definition) is 3. The van der Waals surface area contributed by atoms with E-state index in [1.165, 1.54) is 0 Å². The van der Waals surface area contributed by atoms with Gasteiger partial charge in [0, 0.05) is 23.6 Å². The lowest BCUT2D eigenvalue weighted by molar-refractivity contribution is -0.128. The maximum Gasteiger partial charge on any atom is 0.227 e. The van der Waals surface area contributed by atoms with E-state index in [0.717, 1.165) is 5.56 Å². The number of nitrogens with zero attached hydrogens (tertiary/aromatic N) is 1. The van der Waals surface area contributed by atoms with Crippen LogP contribution < -0.4 is 16.0 Å². The Kier molecular flexibility index (Phi) is 7.84. The number of guanidine groups is 1. The van der Waals surface area contributed by atoms with E-state index in [1.807, 2.05) is 33.8 Å². The minimum atomic E-state index is -0.585. The summed E-state index contributed by atoms with van der Waals surface area (Å²) in [5.74, 6) is 0.587. The largest absolute Gasteiger partial charge is 0.359 e. The molecule has 0 radical (unpaired) electrons. The lowest BCUT2D eigenvalue weighted by Crippen LogP contribution is -2.41. The predicted octanol–water partition coefficient (Wildman–Crippen LogP) is 3.38. The number of carbonyl (C=O) groups excluding carboxylic acids is 1. The molecule has 0 saturated heterocycles. The number of benzene rings is 1. The van der Waals surface area contributed by atoms with Gasteiger partial charge < -0.3 is 16.0 Å². The highest BCUT2D eigenvalue weighted by Crippen LogP contribution is 2.26. The van der Waals surface area contributed by atoms with E-state index in [-0.39, 0.29) is 11.9 Å². The van der Waals surface area contributed by atoms with Crippen LogP contribution in [0.15, 0.2) is 23.2 Å². The molecule has 0 aliphatic rings. The molecule has 0 aliphatic heterocycles. The van der Waals surface area contributed by atoms with Crippen LogP contribution in [0.25, 0.3) is 0 Å². The summed E-state index contributed by atoms with van der Waals surface area (Å²) in [5.41, 5.74) is 0.343. The molecule has 1 rings (SSSR count). The van der Waals surface area contributed by atoms with Gasteiger partial charge in [0.15, 0.2) is 5.96 Å². The molecule has 1 atom stereocenters. The molecule has 24 heavy (non-hydrogen) atoms. The van der Waals surface area contributed by atoms with E-state index in [1.54, 1.807) is 19.2 Å². The minimum absolute atomic E-state index is 0.0455. The van der Waals surface area contributed by atoms with Gasteiger partial charge in [-0.3, -0.25) is 9.79 Å². The highest BCUT2D eigenvalue weighted by molar-refractivity contribution is 6.35. The van der Waals surface area contributed by atoms with Gasteiger partial charge in [-0.2, -0.15) is 0 Å². The molecule has 0 spiro atoms. The van der Waals surface area contributed by atoms with Crippen molar-refractivity contribution in [1.82, 2.24) is 16.0 Å². The maximum absolute atomic E-state index is 11.9. The molecule has 1 aromatic carbocycles. The highest BCUT2D eigenvalue weighted by atomic mass is 35.5. The average molecular weight is 373 g/mol. The Morgan fingerprint density at radius 2 is 2.00 bits per heavy atom. The lowest BCUT2D eigenvalue weighted by Gasteiger charge is -2.23. The van der Waals surface area contributed by atoms with Gasteiger partial charge in [-0.05, 0) is 45.4 Å². The predicted molar refractivity (Wildman–Crippen MR) is 102 cm³/mol. The first-order valence-corrected chi connectivity index (χ1v) is 8.68. The number of halogens is 2. The zero-order chi connectivity index (χ0) is 18.3. The van der Waals surface area contributed by atoms with Gasteiger partial charge in [-0.15, -0.1) is 0 Å². The first-order valence-electron chi connectivity index (χ1n) is 7.93. The molecule has 5 nitrogen and oxygen atoms in total. The number of carbonyl (C=O) groups is 1. The molecule has 0 bridgehead atoms. The molecule has 0 aliphatic carbocycles. The van der Waals surface area contributed by atoms with Crippen LogP contribution in [-0.4, -0.2) is 32.0 Å². The summed E-state index contributed by atoms with van der Waals surface area (Å²) in [5, 5.41) is 10.3. The summed E-state index contributed by atoms with van der Waals surface area (Å²) in [6.45, 7) is 8.78. The van der Waals surface area contributed by atoms with E-state index in [2.05, 4.69) is 20.9 Å². The third-order valence-corrected chi connectivity index (χ3v) is 4.16. The normalized spacial score (nSPS) is 13.4. The summed E-state index contributed by atoms with van der Waals surface area (Å²) in [6, 6.07) is 5.35. The third-order valence-electron chi connectivity index (χ3n) is 3.60. The van der Waals surface area contributed by atoms with Crippen LogP contribution >= 0.6 is 23.2 Å². The first-order chi connectivity index (χ1) is 11.2. The van der Waals surface area contributed by atoms with Crippen LogP contribution in [0.3, 0.4) is 0 Å². The topological polar surface area (TPSA) is 65.5 Å². The Morgan fingerprint density at radius 1 is 1.33 bits per heavy atom. The Morgan fingerprint density at radius 3 is 2.54 bits per heavy atom. The average Bonchev–Trinajstić information content (AvgIpc) is 2.51. The smallest absolute Gasteiger partial charge is 0.227 e. The van der Waals surface area contributed by atoms with Gasteiger partial charge in [0.1, 0.15) is 0 Å². The van der Waals surface area contributed by atoms with Crippen LogP contribution in [0.4, 0.5) is 0 Å². The molecule has 0 heterocycles. The summed E-state index contributed by atoms with van der Waals surface area (Å²) >= 11 is 12.2. The second-order valence-corrected chi connectivity index (χ2v) is 7.03. The number of amides is 1. The molecule has 1 aromatic rings. The molecule has 0 saturated carbocycles. The Balaban J connectivity index is 2.88. The summed E-state index contributed by atoms with van der Waals surface area (Å²) < 4.78 is 0. The van der Waals surface area contributed by atoms with Gasteiger partial charge in [0.25, 0.3) is 0 Å². The van der Waals surface area contributed by atoms with E-state index in [9.17, 15) is 4.79 Å². The maximum atomic E-state index is 11.9. The van der Waals surface area contributed by atoms with Crippen molar-refractivity contribution in [3.8, 4) is 0 Å². The van der Waals surface area contributed by atoms with Gasteiger partial charge in [-0.1, -0.05) is 29.3 Å². The molecule has 1 amide bonds. The second kappa shape index (κ2) is 9.14. The van der Waals surface area contributed by atoms with E-state index >= 15 is 0 Å². The number of aliphatic imine (C=N–C) groups is 1.